The highest BCUT2D eigenvalue weighted by Crippen LogP contribution is 2.34. The zero-order chi connectivity index (χ0) is 25.1. The summed E-state index contributed by atoms with van der Waals surface area (Å²) < 4.78 is 40.6. The van der Waals surface area contributed by atoms with E-state index < -0.39 is 34.9 Å². The summed E-state index contributed by atoms with van der Waals surface area (Å²) in [4.78, 5) is 15.3. The van der Waals surface area contributed by atoms with Crippen molar-refractivity contribution in [2.24, 2.45) is 5.73 Å². The van der Waals surface area contributed by atoms with Crippen LogP contribution in [0.25, 0.3) is 11.1 Å². The minimum Gasteiger partial charge on any atom is -0.478 e. The van der Waals surface area contributed by atoms with Crippen LogP contribution in [0, 0.1) is 24.0 Å². The minimum atomic E-state index is -1.28. The third-order valence-corrected chi connectivity index (χ3v) is 5.12. The van der Waals surface area contributed by atoms with Crippen LogP contribution in [-0.2, 0) is 0 Å². The number of aromatic carboxylic acids is 1. The Morgan fingerprint density at radius 3 is 2.23 bits per heavy atom. The minimum absolute atomic E-state index is 0.0793. The number of carbonyl (C=O) groups is 1. The van der Waals surface area contributed by atoms with Gasteiger partial charge in [-0.3, -0.25) is 5.41 Å². The van der Waals surface area contributed by atoms with E-state index in [0.29, 0.717) is 11.1 Å². The topological polar surface area (TPSA) is 119 Å². The average Bonchev–Trinajstić information content (AvgIpc) is 2.86. The largest absolute Gasteiger partial charge is 0.478 e. The lowest BCUT2D eigenvalue weighted by Gasteiger charge is -2.14. The molecule has 0 amide bonds. The summed E-state index contributed by atoms with van der Waals surface area (Å²) in [6.07, 6.45) is 0. The van der Waals surface area contributed by atoms with E-state index in [2.05, 4.69) is 4.98 Å². The molecule has 0 radical (unpaired) electrons. The van der Waals surface area contributed by atoms with E-state index in [9.17, 15) is 18.7 Å². The smallest absolute Gasteiger partial charge is 0.339 e. The molecule has 4 rings (SSSR count). The molecule has 4 aromatic rings. The highest BCUT2D eigenvalue weighted by molar-refractivity contribution is 5.96. The van der Waals surface area contributed by atoms with Gasteiger partial charge in [-0.1, -0.05) is 42.5 Å². The highest BCUT2D eigenvalue weighted by Gasteiger charge is 2.22. The standard InChI is InChI=1S/C26H19F2N3O4/c1-14-21(27)24(31-25(22(14)28)35-20-11-3-2-10-19(20)26(32)33)34-18-9-5-7-16(13-18)15-6-4-8-17(12-15)23(29)30/h2-13H,1H3,(H3,29,30)(H,32,33). The Hall–Kier alpha value is -4.79. The monoisotopic (exact) mass is 475 g/mol. The summed E-state index contributed by atoms with van der Waals surface area (Å²) in [7, 11) is 0. The fourth-order valence-electron chi connectivity index (χ4n) is 3.30. The van der Waals surface area contributed by atoms with E-state index in [1.807, 2.05) is 6.07 Å². The maximum Gasteiger partial charge on any atom is 0.339 e. The summed E-state index contributed by atoms with van der Waals surface area (Å²) in [5.74, 6) is -4.57. The van der Waals surface area contributed by atoms with Crippen LogP contribution in [0.15, 0.2) is 72.8 Å². The molecule has 1 heterocycles. The van der Waals surface area contributed by atoms with Crippen LogP contribution in [0.1, 0.15) is 21.5 Å². The number of nitrogen functional groups attached to an aromatic ring is 1. The number of nitrogens with one attached hydrogen (secondary N) is 1. The lowest BCUT2D eigenvalue weighted by molar-refractivity contribution is 0.0694. The maximum absolute atomic E-state index is 14.8. The van der Waals surface area contributed by atoms with E-state index >= 15 is 0 Å². The van der Waals surface area contributed by atoms with Crippen LogP contribution in [0.2, 0.25) is 0 Å². The number of aromatic nitrogens is 1. The summed E-state index contributed by atoms with van der Waals surface area (Å²) in [6.45, 7) is 1.19. The highest BCUT2D eigenvalue weighted by atomic mass is 19.1. The molecule has 0 aliphatic carbocycles. The zero-order valence-electron chi connectivity index (χ0n) is 18.4. The van der Waals surface area contributed by atoms with Crippen molar-refractivity contribution in [1.82, 2.24) is 4.98 Å². The molecule has 9 heteroatoms. The molecule has 0 aliphatic heterocycles. The van der Waals surface area contributed by atoms with Crippen LogP contribution in [-0.4, -0.2) is 21.9 Å². The van der Waals surface area contributed by atoms with E-state index in [4.69, 9.17) is 20.6 Å². The Balaban J connectivity index is 1.69. The Labute approximate surface area is 198 Å². The Morgan fingerprint density at radius 2 is 1.54 bits per heavy atom. The summed E-state index contributed by atoms with van der Waals surface area (Å²) in [5.41, 5.74) is 6.95. The number of nitrogens with two attached hydrogens (primary N) is 1. The number of halogens is 2. The van der Waals surface area contributed by atoms with Gasteiger partial charge in [-0.15, -0.1) is 0 Å². The van der Waals surface area contributed by atoms with Crippen molar-refractivity contribution in [3.63, 3.8) is 0 Å². The first-order valence-corrected chi connectivity index (χ1v) is 10.3. The van der Waals surface area contributed by atoms with Crippen LogP contribution < -0.4 is 15.2 Å². The summed E-state index contributed by atoms with van der Waals surface area (Å²) in [5, 5.41) is 16.9. The summed E-state index contributed by atoms with van der Waals surface area (Å²) >= 11 is 0. The van der Waals surface area contributed by atoms with Gasteiger partial charge in [-0.2, -0.15) is 4.98 Å². The quantitative estimate of drug-likeness (QED) is 0.226. The number of carboxylic acids is 1. The van der Waals surface area contributed by atoms with Gasteiger partial charge in [0.25, 0.3) is 11.8 Å². The van der Waals surface area contributed by atoms with Crippen LogP contribution >= 0.6 is 0 Å². The number of ether oxygens (including phenoxy) is 2. The number of nitrogens with zero attached hydrogens (tertiary/aromatic N) is 1. The fourth-order valence-corrected chi connectivity index (χ4v) is 3.30. The van der Waals surface area contributed by atoms with Gasteiger partial charge in [0.15, 0.2) is 11.6 Å². The molecule has 0 aliphatic rings. The third-order valence-electron chi connectivity index (χ3n) is 5.12. The molecule has 0 fully saturated rings. The molecular weight excluding hydrogens is 456 g/mol. The predicted octanol–water partition coefficient (Wildman–Crippen LogP) is 5.90. The number of rotatable bonds is 7. The second-order valence-electron chi connectivity index (χ2n) is 7.50. The van der Waals surface area contributed by atoms with Crippen LogP contribution in [0.5, 0.6) is 23.3 Å². The normalized spacial score (nSPS) is 10.6. The van der Waals surface area contributed by atoms with Crippen molar-refractivity contribution < 1.29 is 28.2 Å². The third kappa shape index (κ3) is 4.93. The molecule has 3 aromatic carbocycles. The van der Waals surface area contributed by atoms with Gasteiger partial charge in [-0.05, 0) is 48.4 Å². The van der Waals surface area contributed by atoms with Crippen LogP contribution in [0.3, 0.4) is 0 Å². The number of hydrogen-bond acceptors (Lipinski definition) is 5. The van der Waals surface area contributed by atoms with Crippen molar-refractivity contribution in [3.8, 4) is 34.4 Å². The van der Waals surface area contributed by atoms with E-state index in [-0.39, 0.29) is 22.9 Å². The molecule has 4 N–H and O–H groups in total. The Bertz CT molecular complexity index is 1460. The van der Waals surface area contributed by atoms with Crippen molar-refractivity contribution in [1.29, 1.82) is 5.41 Å². The van der Waals surface area contributed by atoms with E-state index in [0.717, 1.165) is 5.56 Å². The molecule has 0 unspecified atom stereocenters. The van der Waals surface area contributed by atoms with Gasteiger partial charge in [0.2, 0.25) is 0 Å². The van der Waals surface area contributed by atoms with Gasteiger partial charge in [0.1, 0.15) is 22.9 Å². The van der Waals surface area contributed by atoms with Gasteiger partial charge in [0.05, 0.1) is 0 Å². The Kier molecular flexibility index (Phi) is 6.41. The van der Waals surface area contributed by atoms with Crippen molar-refractivity contribution in [2.75, 3.05) is 0 Å². The average molecular weight is 475 g/mol. The van der Waals surface area contributed by atoms with E-state index in [1.165, 1.54) is 31.2 Å². The second-order valence-corrected chi connectivity index (χ2v) is 7.50. The van der Waals surface area contributed by atoms with Gasteiger partial charge >= 0.3 is 5.97 Å². The molecule has 0 atom stereocenters. The zero-order valence-corrected chi connectivity index (χ0v) is 18.4. The Morgan fingerprint density at radius 1 is 0.914 bits per heavy atom. The number of pyridine rings is 1. The first-order valence-electron chi connectivity index (χ1n) is 10.3. The molecule has 176 valence electrons. The molecule has 0 saturated carbocycles. The van der Waals surface area contributed by atoms with E-state index in [1.54, 1.807) is 42.5 Å². The maximum atomic E-state index is 14.8. The second kappa shape index (κ2) is 9.60. The fraction of sp³-hybridized carbons (Fsp3) is 0.0385. The molecular formula is C26H19F2N3O4. The van der Waals surface area contributed by atoms with Gasteiger partial charge in [0, 0.05) is 11.1 Å². The lowest BCUT2D eigenvalue weighted by atomic mass is 10.0. The number of benzene rings is 3. The lowest BCUT2D eigenvalue weighted by Crippen LogP contribution is -2.10. The van der Waals surface area contributed by atoms with Crippen molar-refractivity contribution >= 4 is 11.8 Å². The predicted molar refractivity (Wildman–Crippen MR) is 125 cm³/mol. The molecule has 0 spiro atoms. The molecule has 1 aromatic heterocycles. The SMILES string of the molecule is Cc1c(F)c(Oc2cccc(-c3cccc(C(=N)N)c3)c2)nc(Oc2ccccc2C(=O)O)c1F. The molecule has 7 nitrogen and oxygen atoms in total. The van der Waals surface area contributed by atoms with Crippen molar-refractivity contribution in [2.45, 2.75) is 6.92 Å². The number of hydrogen-bond donors (Lipinski definition) is 3. The first kappa shape index (κ1) is 23.4. The van der Waals surface area contributed by atoms with Gasteiger partial charge < -0.3 is 20.3 Å². The molecule has 0 bridgehead atoms. The van der Waals surface area contributed by atoms with Crippen molar-refractivity contribution in [3.05, 3.63) is 101 Å². The van der Waals surface area contributed by atoms with Crippen LogP contribution in [0.4, 0.5) is 8.78 Å². The first-order chi connectivity index (χ1) is 16.7. The number of amidine groups is 1. The molecule has 35 heavy (non-hydrogen) atoms. The number of carboxylic acid groups (broad SMARTS) is 1. The van der Waals surface area contributed by atoms with Gasteiger partial charge in [-0.25, -0.2) is 13.6 Å². The molecule has 0 saturated heterocycles. The number of para-hydroxylation sites is 1. The summed E-state index contributed by atoms with van der Waals surface area (Å²) in [6, 6.07) is 19.3.